The molecule has 0 aromatic heterocycles. The smallest absolute Gasteiger partial charge is 0.0838 e. The van der Waals surface area contributed by atoms with Gasteiger partial charge in [0.2, 0.25) is 0 Å². The predicted molar refractivity (Wildman–Crippen MR) is 78.2 cm³/mol. The molecule has 0 heterocycles. The van der Waals surface area contributed by atoms with Gasteiger partial charge in [0.05, 0.1) is 6.10 Å². The van der Waals surface area contributed by atoms with E-state index in [9.17, 15) is 5.11 Å². The Bertz CT molecular complexity index is 352. The van der Waals surface area contributed by atoms with Crippen molar-refractivity contribution in [3.8, 4) is 0 Å². The van der Waals surface area contributed by atoms with Crippen LogP contribution >= 0.6 is 0 Å². The van der Waals surface area contributed by atoms with Crippen LogP contribution in [0.3, 0.4) is 0 Å². The molecule has 0 saturated carbocycles. The quantitative estimate of drug-likeness (QED) is 0.842. The van der Waals surface area contributed by atoms with Crippen molar-refractivity contribution in [2.24, 2.45) is 0 Å². The third kappa shape index (κ3) is 5.07. The van der Waals surface area contributed by atoms with Crippen LogP contribution in [0.2, 0.25) is 0 Å². The van der Waals surface area contributed by atoms with Gasteiger partial charge >= 0.3 is 0 Å². The molecule has 1 unspecified atom stereocenters. The van der Waals surface area contributed by atoms with Crippen LogP contribution in [0.25, 0.3) is 0 Å². The van der Waals surface area contributed by atoms with Gasteiger partial charge in [-0.15, -0.1) is 0 Å². The average Bonchev–Trinajstić information content (AvgIpc) is 2.25. The summed E-state index contributed by atoms with van der Waals surface area (Å²) in [6.07, 6.45) is -0.345. The molecule has 0 radical (unpaired) electrons. The maximum absolute atomic E-state index is 9.76. The summed E-state index contributed by atoms with van der Waals surface area (Å²) in [5, 5.41) is 13.0. The van der Waals surface area contributed by atoms with Crippen molar-refractivity contribution in [3.05, 3.63) is 29.8 Å². The van der Waals surface area contributed by atoms with E-state index in [1.54, 1.807) is 0 Å². The summed E-state index contributed by atoms with van der Waals surface area (Å²) in [6.45, 7) is 7.86. The largest absolute Gasteiger partial charge is 0.390 e. The van der Waals surface area contributed by atoms with E-state index in [2.05, 4.69) is 50.4 Å². The van der Waals surface area contributed by atoms with E-state index in [1.807, 2.05) is 19.0 Å². The van der Waals surface area contributed by atoms with Crippen LogP contribution in [0.15, 0.2) is 24.3 Å². The van der Waals surface area contributed by atoms with E-state index in [0.717, 1.165) is 5.69 Å². The molecule has 0 fully saturated rings. The highest BCUT2D eigenvalue weighted by atomic mass is 16.3. The van der Waals surface area contributed by atoms with Crippen molar-refractivity contribution in [2.75, 3.05) is 32.5 Å². The zero-order valence-electron chi connectivity index (χ0n) is 12.2. The van der Waals surface area contributed by atoms with E-state index in [-0.39, 0.29) is 11.5 Å². The highest BCUT2D eigenvalue weighted by Gasteiger charge is 2.12. The van der Waals surface area contributed by atoms with Crippen LogP contribution in [0.1, 0.15) is 26.3 Å². The van der Waals surface area contributed by atoms with Gasteiger partial charge in [-0.1, -0.05) is 32.9 Å². The summed E-state index contributed by atoms with van der Waals surface area (Å²) in [4.78, 5) is 1.98. The van der Waals surface area contributed by atoms with Gasteiger partial charge < -0.3 is 15.3 Å². The lowest BCUT2D eigenvalue weighted by Crippen LogP contribution is -2.31. The second kappa shape index (κ2) is 6.21. The second-order valence-corrected chi connectivity index (χ2v) is 6.12. The van der Waals surface area contributed by atoms with Crippen molar-refractivity contribution in [1.29, 1.82) is 0 Å². The topological polar surface area (TPSA) is 35.5 Å². The molecule has 102 valence electrons. The molecule has 1 rings (SSSR count). The summed E-state index contributed by atoms with van der Waals surface area (Å²) in [5.41, 5.74) is 2.56. The molecule has 1 aromatic carbocycles. The number of rotatable bonds is 5. The second-order valence-electron chi connectivity index (χ2n) is 6.12. The molecule has 0 aliphatic carbocycles. The molecule has 0 spiro atoms. The molecular weight excluding hydrogens is 224 g/mol. The zero-order valence-corrected chi connectivity index (χ0v) is 12.2. The van der Waals surface area contributed by atoms with Gasteiger partial charge in [0, 0.05) is 18.8 Å². The molecule has 0 saturated heterocycles. The zero-order chi connectivity index (χ0) is 13.8. The Hall–Kier alpha value is -1.06. The molecule has 0 aliphatic rings. The number of hydrogen-bond acceptors (Lipinski definition) is 3. The molecule has 18 heavy (non-hydrogen) atoms. The Morgan fingerprint density at radius 1 is 1.17 bits per heavy atom. The SMILES string of the molecule is CN(C)CC(O)CNc1ccc(C(C)(C)C)cc1. The van der Waals surface area contributed by atoms with Crippen molar-refractivity contribution < 1.29 is 5.11 Å². The maximum Gasteiger partial charge on any atom is 0.0838 e. The maximum atomic E-state index is 9.76. The fourth-order valence-electron chi connectivity index (χ4n) is 1.81. The Kier molecular flexibility index (Phi) is 5.17. The van der Waals surface area contributed by atoms with Gasteiger partial charge in [-0.25, -0.2) is 0 Å². The number of nitrogens with one attached hydrogen (secondary N) is 1. The summed E-state index contributed by atoms with van der Waals surface area (Å²) in [6, 6.07) is 8.42. The van der Waals surface area contributed by atoms with Gasteiger partial charge in [0.25, 0.3) is 0 Å². The minimum Gasteiger partial charge on any atom is -0.390 e. The lowest BCUT2D eigenvalue weighted by Gasteiger charge is -2.20. The van der Waals surface area contributed by atoms with E-state index in [1.165, 1.54) is 5.56 Å². The Balaban J connectivity index is 2.49. The average molecular weight is 250 g/mol. The molecule has 3 heteroatoms. The first-order chi connectivity index (χ1) is 8.29. The molecule has 3 nitrogen and oxygen atoms in total. The first-order valence-electron chi connectivity index (χ1n) is 6.46. The van der Waals surface area contributed by atoms with Crippen LogP contribution in [0.4, 0.5) is 5.69 Å². The molecule has 1 atom stereocenters. The highest BCUT2D eigenvalue weighted by molar-refractivity contribution is 5.45. The molecule has 0 bridgehead atoms. The van der Waals surface area contributed by atoms with Crippen molar-refractivity contribution in [1.82, 2.24) is 4.90 Å². The van der Waals surface area contributed by atoms with Crippen LogP contribution in [-0.4, -0.2) is 43.3 Å². The van der Waals surface area contributed by atoms with E-state index in [0.29, 0.717) is 13.1 Å². The van der Waals surface area contributed by atoms with Crippen molar-refractivity contribution in [3.63, 3.8) is 0 Å². The third-order valence-electron chi connectivity index (χ3n) is 2.87. The lowest BCUT2D eigenvalue weighted by molar-refractivity contribution is 0.148. The number of aliphatic hydroxyl groups excluding tert-OH is 1. The fourth-order valence-corrected chi connectivity index (χ4v) is 1.81. The lowest BCUT2D eigenvalue weighted by atomic mass is 9.87. The monoisotopic (exact) mass is 250 g/mol. The Morgan fingerprint density at radius 2 is 1.72 bits per heavy atom. The summed E-state index contributed by atoms with van der Waals surface area (Å²) in [5.74, 6) is 0. The van der Waals surface area contributed by atoms with Gasteiger partial charge in [-0.3, -0.25) is 0 Å². The number of hydrogen-bond donors (Lipinski definition) is 2. The molecule has 0 aliphatic heterocycles. The molecule has 0 amide bonds. The fraction of sp³-hybridized carbons (Fsp3) is 0.600. The van der Waals surface area contributed by atoms with Gasteiger partial charge in [-0.2, -0.15) is 0 Å². The summed E-state index contributed by atoms with van der Waals surface area (Å²) >= 11 is 0. The van der Waals surface area contributed by atoms with E-state index >= 15 is 0 Å². The number of likely N-dealkylation sites (N-methyl/N-ethyl adjacent to an activating group) is 1. The van der Waals surface area contributed by atoms with Crippen molar-refractivity contribution in [2.45, 2.75) is 32.3 Å². The van der Waals surface area contributed by atoms with E-state index in [4.69, 9.17) is 0 Å². The highest BCUT2D eigenvalue weighted by Crippen LogP contribution is 2.23. The Morgan fingerprint density at radius 3 is 2.17 bits per heavy atom. The third-order valence-corrected chi connectivity index (χ3v) is 2.87. The van der Waals surface area contributed by atoms with Crippen LogP contribution in [-0.2, 0) is 5.41 Å². The van der Waals surface area contributed by atoms with E-state index < -0.39 is 0 Å². The number of aliphatic hydroxyl groups is 1. The van der Waals surface area contributed by atoms with Crippen molar-refractivity contribution >= 4 is 5.69 Å². The van der Waals surface area contributed by atoms with Crippen LogP contribution in [0.5, 0.6) is 0 Å². The normalized spacial score (nSPS) is 13.7. The Labute approximate surface area is 111 Å². The van der Waals surface area contributed by atoms with Gasteiger partial charge in [0.1, 0.15) is 0 Å². The molecule has 2 N–H and O–H groups in total. The van der Waals surface area contributed by atoms with Crippen LogP contribution < -0.4 is 5.32 Å². The first kappa shape index (κ1) is 15.0. The summed E-state index contributed by atoms with van der Waals surface area (Å²) in [7, 11) is 3.92. The van der Waals surface area contributed by atoms with Gasteiger partial charge in [-0.05, 0) is 37.2 Å². The number of nitrogens with zero attached hydrogens (tertiary/aromatic N) is 1. The molecule has 1 aromatic rings. The minimum atomic E-state index is -0.345. The number of anilines is 1. The standard InChI is InChI=1S/C15H26N2O/c1-15(2,3)12-6-8-13(9-7-12)16-10-14(18)11-17(4)5/h6-9,14,16,18H,10-11H2,1-5H3. The van der Waals surface area contributed by atoms with Crippen LogP contribution in [0, 0.1) is 0 Å². The first-order valence-corrected chi connectivity index (χ1v) is 6.46. The summed E-state index contributed by atoms with van der Waals surface area (Å²) < 4.78 is 0. The predicted octanol–water partition coefficient (Wildman–Crippen LogP) is 2.32. The van der Waals surface area contributed by atoms with Gasteiger partial charge in [0.15, 0.2) is 0 Å². The molecular formula is C15H26N2O. The minimum absolute atomic E-state index is 0.183. The number of benzene rings is 1.